The Morgan fingerprint density at radius 3 is 2.38 bits per heavy atom. The molecular formula is C19H35IN4. The molecule has 0 unspecified atom stereocenters. The maximum Gasteiger partial charge on any atom is 0.191 e. The van der Waals surface area contributed by atoms with E-state index in [1.807, 2.05) is 0 Å². The number of hydrogen-bond donors (Lipinski definition) is 2. The van der Waals surface area contributed by atoms with Crippen molar-refractivity contribution in [3.05, 3.63) is 35.4 Å². The van der Waals surface area contributed by atoms with Gasteiger partial charge in [-0.2, -0.15) is 0 Å². The lowest BCUT2D eigenvalue weighted by Crippen LogP contribution is -2.37. The normalized spacial score (nSPS) is 11.5. The highest BCUT2D eigenvalue weighted by Crippen LogP contribution is 2.13. The molecule has 0 aliphatic heterocycles. The van der Waals surface area contributed by atoms with Gasteiger partial charge in [-0.3, -0.25) is 4.90 Å². The molecular weight excluding hydrogens is 411 g/mol. The molecule has 5 heteroatoms. The topological polar surface area (TPSA) is 39.7 Å². The fraction of sp³-hybridized carbons (Fsp3) is 0.632. The van der Waals surface area contributed by atoms with Gasteiger partial charge in [0, 0.05) is 25.7 Å². The monoisotopic (exact) mass is 446 g/mol. The Bertz CT molecular complexity index is 474. The molecule has 0 saturated heterocycles. The van der Waals surface area contributed by atoms with Crippen molar-refractivity contribution in [2.24, 2.45) is 4.99 Å². The van der Waals surface area contributed by atoms with E-state index in [-0.39, 0.29) is 24.0 Å². The van der Waals surface area contributed by atoms with Crippen LogP contribution in [0.5, 0.6) is 0 Å². The average Bonchev–Trinajstić information content (AvgIpc) is 2.53. The minimum atomic E-state index is 0. The molecule has 0 saturated carbocycles. The fourth-order valence-electron chi connectivity index (χ4n) is 2.21. The second-order valence-corrected chi connectivity index (χ2v) is 6.25. The first-order chi connectivity index (χ1) is 11.1. The lowest BCUT2D eigenvalue weighted by molar-refractivity contribution is 0.265. The minimum Gasteiger partial charge on any atom is -0.357 e. The van der Waals surface area contributed by atoms with E-state index in [1.54, 1.807) is 0 Å². The zero-order chi connectivity index (χ0) is 17.1. The van der Waals surface area contributed by atoms with Gasteiger partial charge in [-0.15, -0.1) is 24.0 Å². The van der Waals surface area contributed by atoms with E-state index < -0.39 is 0 Å². The molecule has 0 heterocycles. The van der Waals surface area contributed by atoms with Crippen LogP contribution in [0, 0.1) is 0 Å². The molecule has 24 heavy (non-hydrogen) atoms. The fourth-order valence-corrected chi connectivity index (χ4v) is 2.21. The molecule has 1 aromatic carbocycles. The Kier molecular flexibility index (Phi) is 13.0. The number of benzene rings is 1. The summed E-state index contributed by atoms with van der Waals surface area (Å²) >= 11 is 0. The average molecular weight is 446 g/mol. The van der Waals surface area contributed by atoms with Crippen LogP contribution in [0.25, 0.3) is 0 Å². The molecule has 1 aromatic rings. The number of rotatable bonds is 9. The zero-order valence-electron chi connectivity index (χ0n) is 15.9. The highest BCUT2D eigenvalue weighted by molar-refractivity contribution is 14.0. The van der Waals surface area contributed by atoms with Crippen LogP contribution >= 0.6 is 24.0 Å². The van der Waals surface area contributed by atoms with E-state index >= 15 is 0 Å². The standard InChI is InChI=1S/C19H34N4.HI/c1-6-8-13-21-19(20-7-2)22-14-17-11-9-10-12-18(17)15-23(5)16(3)4;/h9-12,16H,6-8,13-15H2,1-5H3,(H2,20,21,22);1H. The number of halogens is 1. The molecule has 0 bridgehead atoms. The Labute approximate surface area is 165 Å². The second-order valence-electron chi connectivity index (χ2n) is 6.25. The van der Waals surface area contributed by atoms with Gasteiger partial charge in [-0.25, -0.2) is 4.99 Å². The van der Waals surface area contributed by atoms with Gasteiger partial charge >= 0.3 is 0 Å². The van der Waals surface area contributed by atoms with Crippen LogP contribution in [-0.4, -0.2) is 37.0 Å². The molecule has 0 aliphatic carbocycles. The van der Waals surface area contributed by atoms with Gasteiger partial charge < -0.3 is 10.6 Å². The number of nitrogens with zero attached hydrogens (tertiary/aromatic N) is 2. The van der Waals surface area contributed by atoms with Crippen molar-refractivity contribution in [3.8, 4) is 0 Å². The molecule has 0 fully saturated rings. The van der Waals surface area contributed by atoms with Crippen LogP contribution in [-0.2, 0) is 13.1 Å². The number of aliphatic imine (C=N–C) groups is 1. The van der Waals surface area contributed by atoms with Gasteiger partial charge in [0.2, 0.25) is 0 Å². The zero-order valence-corrected chi connectivity index (χ0v) is 18.3. The van der Waals surface area contributed by atoms with Crippen LogP contribution in [0.4, 0.5) is 0 Å². The first kappa shape index (κ1) is 23.2. The van der Waals surface area contributed by atoms with Gasteiger partial charge in [0.25, 0.3) is 0 Å². The van der Waals surface area contributed by atoms with Gasteiger partial charge in [-0.05, 0) is 45.4 Å². The van der Waals surface area contributed by atoms with Crippen molar-refractivity contribution in [1.82, 2.24) is 15.5 Å². The largest absolute Gasteiger partial charge is 0.357 e. The lowest BCUT2D eigenvalue weighted by atomic mass is 10.1. The van der Waals surface area contributed by atoms with E-state index in [2.05, 4.69) is 74.5 Å². The molecule has 0 spiro atoms. The molecule has 0 amide bonds. The van der Waals surface area contributed by atoms with Crippen molar-refractivity contribution in [2.45, 2.75) is 59.7 Å². The van der Waals surface area contributed by atoms with Crippen molar-refractivity contribution in [3.63, 3.8) is 0 Å². The lowest BCUT2D eigenvalue weighted by Gasteiger charge is -2.22. The number of nitrogens with one attached hydrogen (secondary N) is 2. The Morgan fingerprint density at radius 1 is 1.12 bits per heavy atom. The van der Waals surface area contributed by atoms with Crippen molar-refractivity contribution in [2.75, 3.05) is 20.1 Å². The van der Waals surface area contributed by atoms with Crippen LogP contribution < -0.4 is 10.6 Å². The second kappa shape index (κ2) is 13.5. The molecule has 4 nitrogen and oxygen atoms in total. The third-order valence-electron chi connectivity index (χ3n) is 3.99. The highest BCUT2D eigenvalue weighted by atomic mass is 127. The van der Waals surface area contributed by atoms with Gasteiger partial charge in [0.05, 0.1) is 6.54 Å². The molecule has 0 aliphatic rings. The molecule has 2 N–H and O–H groups in total. The first-order valence-corrected chi connectivity index (χ1v) is 8.87. The predicted molar refractivity (Wildman–Crippen MR) is 116 cm³/mol. The third-order valence-corrected chi connectivity index (χ3v) is 3.99. The molecule has 0 radical (unpaired) electrons. The molecule has 0 aromatic heterocycles. The van der Waals surface area contributed by atoms with Crippen LogP contribution in [0.1, 0.15) is 51.7 Å². The molecule has 138 valence electrons. The number of unbranched alkanes of at least 4 members (excludes halogenated alkanes) is 1. The Morgan fingerprint density at radius 2 is 1.79 bits per heavy atom. The number of guanidine groups is 1. The summed E-state index contributed by atoms with van der Waals surface area (Å²) in [4.78, 5) is 7.10. The van der Waals surface area contributed by atoms with E-state index in [0.717, 1.165) is 25.6 Å². The van der Waals surface area contributed by atoms with Crippen LogP contribution in [0.3, 0.4) is 0 Å². The summed E-state index contributed by atoms with van der Waals surface area (Å²) in [7, 11) is 2.17. The quantitative estimate of drug-likeness (QED) is 0.261. The van der Waals surface area contributed by atoms with E-state index in [1.165, 1.54) is 24.0 Å². The van der Waals surface area contributed by atoms with Crippen LogP contribution in [0.15, 0.2) is 29.3 Å². The summed E-state index contributed by atoms with van der Waals surface area (Å²) in [5.74, 6) is 0.910. The Hall–Kier alpha value is -0.820. The van der Waals surface area contributed by atoms with Gasteiger partial charge in [0.1, 0.15) is 0 Å². The summed E-state index contributed by atoms with van der Waals surface area (Å²) < 4.78 is 0. The first-order valence-electron chi connectivity index (χ1n) is 8.87. The Balaban J connectivity index is 0.00000529. The summed E-state index contributed by atoms with van der Waals surface area (Å²) in [6.45, 7) is 12.3. The van der Waals surface area contributed by atoms with Crippen LogP contribution in [0.2, 0.25) is 0 Å². The summed E-state index contributed by atoms with van der Waals surface area (Å²) in [5.41, 5.74) is 2.66. The predicted octanol–water partition coefficient (Wildman–Crippen LogP) is 4.00. The van der Waals surface area contributed by atoms with Crippen molar-refractivity contribution >= 4 is 29.9 Å². The van der Waals surface area contributed by atoms with Gasteiger partial charge in [0.15, 0.2) is 5.96 Å². The summed E-state index contributed by atoms with van der Waals surface area (Å²) in [6, 6.07) is 9.14. The molecule has 0 atom stereocenters. The summed E-state index contributed by atoms with van der Waals surface area (Å²) in [5, 5.41) is 6.72. The minimum absolute atomic E-state index is 0. The maximum atomic E-state index is 4.74. The third kappa shape index (κ3) is 8.87. The van der Waals surface area contributed by atoms with Crippen molar-refractivity contribution in [1.29, 1.82) is 0 Å². The smallest absolute Gasteiger partial charge is 0.191 e. The molecule has 1 rings (SSSR count). The highest BCUT2D eigenvalue weighted by Gasteiger charge is 2.08. The SMILES string of the molecule is CCCCNC(=NCc1ccccc1CN(C)C(C)C)NCC.I. The maximum absolute atomic E-state index is 4.74. The summed E-state index contributed by atoms with van der Waals surface area (Å²) in [6.07, 6.45) is 2.36. The number of hydrogen-bond acceptors (Lipinski definition) is 2. The van der Waals surface area contributed by atoms with E-state index in [4.69, 9.17) is 4.99 Å². The van der Waals surface area contributed by atoms with E-state index in [9.17, 15) is 0 Å². The van der Waals surface area contributed by atoms with E-state index in [0.29, 0.717) is 12.6 Å². The van der Waals surface area contributed by atoms with Crippen molar-refractivity contribution < 1.29 is 0 Å². The van der Waals surface area contributed by atoms with Gasteiger partial charge in [-0.1, -0.05) is 37.6 Å².